The van der Waals surface area contributed by atoms with Gasteiger partial charge in [-0.05, 0) is 44.7 Å². The van der Waals surface area contributed by atoms with Gasteiger partial charge in [0.05, 0.1) is 5.60 Å². The lowest BCUT2D eigenvalue weighted by Crippen LogP contribution is -2.46. The molecule has 1 saturated heterocycles. The van der Waals surface area contributed by atoms with Gasteiger partial charge in [0, 0.05) is 12.0 Å². The van der Waals surface area contributed by atoms with Crippen molar-refractivity contribution in [3.8, 4) is 0 Å². The number of hydrogen-bond acceptors (Lipinski definition) is 2. The van der Waals surface area contributed by atoms with Crippen molar-refractivity contribution in [1.29, 1.82) is 0 Å². The molecule has 1 aliphatic rings. The standard InChI is InChI=1S/C16H25NO/c1-3-15(2)13-16(9-11-17,10-12-18-15)14-7-5-4-6-8-14/h4-8H,3,9-13,17H2,1-2H3/t15-,16+/m1/s1. The van der Waals surface area contributed by atoms with Crippen molar-refractivity contribution in [3.63, 3.8) is 0 Å². The Morgan fingerprint density at radius 3 is 2.61 bits per heavy atom. The van der Waals surface area contributed by atoms with Gasteiger partial charge in [0.15, 0.2) is 0 Å². The SMILES string of the molecule is CC[C@]1(C)C[C@@](CCN)(c2ccccc2)CCO1. The molecule has 0 saturated carbocycles. The fraction of sp³-hybridized carbons (Fsp3) is 0.625. The van der Waals surface area contributed by atoms with E-state index in [-0.39, 0.29) is 11.0 Å². The van der Waals surface area contributed by atoms with E-state index in [9.17, 15) is 0 Å². The smallest absolute Gasteiger partial charge is 0.0660 e. The van der Waals surface area contributed by atoms with Gasteiger partial charge in [0.1, 0.15) is 0 Å². The lowest BCUT2D eigenvalue weighted by atomic mass is 9.66. The summed E-state index contributed by atoms with van der Waals surface area (Å²) in [6.45, 7) is 6.04. The van der Waals surface area contributed by atoms with Crippen molar-refractivity contribution in [2.45, 2.75) is 50.5 Å². The molecule has 0 aliphatic carbocycles. The molecule has 1 aromatic carbocycles. The fourth-order valence-electron chi connectivity index (χ4n) is 3.25. The maximum atomic E-state index is 6.00. The van der Waals surface area contributed by atoms with Crippen molar-refractivity contribution in [3.05, 3.63) is 35.9 Å². The monoisotopic (exact) mass is 247 g/mol. The Morgan fingerprint density at radius 1 is 1.28 bits per heavy atom. The normalized spacial score (nSPS) is 32.4. The van der Waals surface area contributed by atoms with E-state index < -0.39 is 0 Å². The molecule has 100 valence electrons. The van der Waals surface area contributed by atoms with Crippen molar-refractivity contribution in [2.75, 3.05) is 13.2 Å². The molecule has 0 aromatic heterocycles. The highest BCUT2D eigenvalue weighted by Crippen LogP contribution is 2.44. The second-order valence-electron chi connectivity index (χ2n) is 5.76. The van der Waals surface area contributed by atoms with Crippen LogP contribution in [0.1, 0.15) is 45.1 Å². The van der Waals surface area contributed by atoms with Crippen LogP contribution in [0.2, 0.25) is 0 Å². The Kier molecular flexibility index (Phi) is 4.08. The van der Waals surface area contributed by atoms with Gasteiger partial charge in [0.25, 0.3) is 0 Å². The molecule has 0 unspecified atom stereocenters. The Morgan fingerprint density at radius 2 is 2.00 bits per heavy atom. The molecule has 2 rings (SSSR count). The van der Waals surface area contributed by atoms with Crippen LogP contribution in [0.3, 0.4) is 0 Å². The van der Waals surface area contributed by atoms with Crippen LogP contribution in [0.15, 0.2) is 30.3 Å². The van der Waals surface area contributed by atoms with E-state index in [0.29, 0.717) is 0 Å². The van der Waals surface area contributed by atoms with Crippen LogP contribution >= 0.6 is 0 Å². The van der Waals surface area contributed by atoms with Gasteiger partial charge in [-0.3, -0.25) is 0 Å². The quantitative estimate of drug-likeness (QED) is 0.886. The van der Waals surface area contributed by atoms with Crippen LogP contribution < -0.4 is 5.73 Å². The second kappa shape index (κ2) is 5.41. The van der Waals surface area contributed by atoms with E-state index >= 15 is 0 Å². The molecule has 0 radical (unpaired) electrons. The summed E-state index contributed by atoms with van der Waals surface area (Å²) < 4.78 is 6.00. The second-order valence-corrected chi connectivity index (χ2v) is 5.76. The Hall–Kier alpha value is -0.860. The third-order valence-corrected chi connectivity index (χ3v) is 4.50. The number of hydrogen-bond donors (Lipinski definition) is 1. The lowest BCUT2D eigenvalue weighted by molar-refractivity contribution is -0.0976. The Labute approximate surface area is 111 Å². The molecule has 18 heavy (non-hydrogen) atoms. The summed E-state index contributed by atoms with van der Waals surface area (Å²) in [7, 11) is 0. The highest BCUT2D eigenvalue weighted by molar-refractivity contribution is 5.27. The average Bonchev–Trinajstić information content (AvgIpc) is 2.40. The van der Waals surface area contributed by atoms with Crippen molar-refractivity contribution >= 4 is 0 Å². The van der Waals surface area contributed by atoms with Crippen molar-refractivity contribution in [2.24, 2.45) is 5.73 Å². The Balaban J connectivity index is 2.32. The first-order valence-electron chi connectivity index (χ1n) is 7.04. The first-order chi connectivity index (χ1) is 8.64. The average molecular weight is 247 g/mol. The third-order valence-electron chi connectivity index (χ3n) is 4.50. The molecule has 0 spiro atoms. The zero-order valence-electron chi connectivity index (χ0n) is 11.6. The largest absolute Gasteiger partial charge is 0.375 e. The fourth-order valence-corrected chi connectivity index (χ4v) is 3.25. The molecule has 0 bridgehead atoms. The molecule has 2 N–H and O–H groups in total. The molecule has 2 atom stereocenters. The summed E-state index contributed by atoms with van der Waals surface area (Å²) in [6.07, 6.45) is 4.28. The number of benzene rings is 1. The van der Waals surface area contributed by atoms with Crippen LogP contribution in [0.4, 0.5) is 0 Å². The minimum absolute atomic E-state index is 0.00324. The zero-order chi connectivity index (χ0) is 13.1. The predicted octanol–water partition coefficient (Wildman–Crippen LogP) is 3.25. The van der Waals surface area contributed by atoms with Gasteiger partial charge in [-0.2, -0.15) is 0 Å². The van der Waals surface area contributed by atoms with Crippen LogP contribution in [0.5, 0.6) is 0 Å². The van der Waals surface area contributed by atoms with E-state index in [1.54, 1.807) is 0 Å². The van der Waals surface area contributed by atoms with Gasteiger partial charge in [-0.25, -0.2) is 0 Å². The molecule has 1 fully saturated rings. The van der Waals surface area contributed by atoms with E-state index in [2.05, 4.69) is 44.2 Å². The lowest BCUT2D eigenvalue weighted by Gasteiger charge is -2.46. The minimum Gasteiger partial charge on any atom is -0.375 e. The summed E-state index contributed by atoms with van der Waals surface area (Å²) in [4.78, 5) is 0. The first-order valence-corrected chi connectivity index (χ1v) is 7.04. The van der Waals surface area contributed by atoms with Crippen molar-refractivity contribution < 1.29 is 4.74 Å². The highest BCUT2D eigenvalue weighted by atomic mass is 16.5. The zero-order valence-corrected chi connectivity index (χ0v) is 11.6. The maximum absolute atomic E-state index is 6.00. The summed E-state index contributed by atoms with van der Waals surface area (Å²) in [5, 5.41) is 0. The molecule has 1 aromatic rings. The molecule has 1 aliphatic heterocycles. The van der Waals surface area contributed by atoms with Gasteiger partial charge in [-0.1, -0.05) is 37.3 Å². The van der Waals surface area contributed by atoms with E-state index in [1.165, 1.54) is 5.56 Å². The van der Waals surface area contributed by atoms with Crippen LogP contribution in [0, 0.1) is 0 Å². The molecule has 0 amide bonds. The van der Waals surface area contributed by atoms with Crippen LogP contribution in [0.25, 0.3) is 0 Å². The Bertz CT molecular complexity index is 374. The van der Waals surface area contributed by atoms with Crippen LogP contribution in [-0.4, -0.2) is 18.8 Å². The first kappa shape index (κ1) is 13.6. The van der Waals surface area contributed by atoms with Gasteiger partial charge in [-0.15, -0.1) is 0 Å². The molecular weight excluding hydrogens is 222 g/mol. The summed E-state index contributed by atoms with van der Waals surface area (Å²) in [6, 6.07) is 10.8. The molecule has 1 heterocycles. The number of rotatable bonds is 4. The predicted molar refractivity (Wildman–Crippen MR) is 75.7 cm³/mol. The topological polar surface area (TPSA) is 35.2 Å². The molecular formula is C16H25NO. The van der Waals surface area contributed by atoms with E-state index in [4.69, 9.17) is 10.5 Å². The van der Waals surface area contributed by atoms with Gasteiger partial charge in [0.2, 0.25) is 0 Å². The third kappa shape index (κ3) is 2.60. The minimum atomic E-state index is 0.00324. The summed E-state index contributed by atoms with van der Waals surface area (Å²) >= 11 is 0. The van der Waals surface area contributed by atoms with Gasteiger partial charge >= 0.3 is 0 Å². The number of nitrogens with two attached hydrogens (primary N) is 1. The maximum Gasteiger partial charge on any atom is 0.0660 e. The van der Waals surface area contributed by atoms with Crippen LogP contribution in [-0.2, 0) is 10.2 Å². The summed E-state index contributed by atoms with van der Waals surface area (Å²) in [5.74, 6) is 0. The number of ether oxygens (including phenoxy) is 1. The highest BCUT2D eigenvalue weighted by Gasteiger charge is 2.42. The van der Waals surface area contributed by atoms with Crippen molar-refractivity contribution in [1.82, 2.24) is 0 Å². The van der Waals surface area contributed by atoms with E-state index in [1.807, 2.05) is 0 Å². The molecule has 2 heteroatoms. The molecule has 2 nitrogen and oxygen atoms in total. The summed E-state index contributed by atoms with van der Waals surface area (Å²) in [5.41, 5.74) is 7.51. The van der Waals surface area contributed by atoms with Gasteiger partial charge < -0.3 is 10.5 Å². The van der Waals surface area contributed by atoms with E-state index in [0.717, 1.165) is 38.8 Å².